The van der Waals surface area contributed by atoms with Crippen molar-refractivity contribution in [2.45, 2.75) is 51.9 Å². The summed E-state index contributed by atoms with van der Waals surface area (Å²) in [6.45, 7) is 7.43. The molecule has 0 radical (unpaired) electrons. The van der Waals surface area contributed by atoms with Gasteiger partial charge >= 0.3 is 11.9 Å². The van der Waals surface area contributed by atoms with Crippen LogP contribution >= 0.6 is 0 Å². The molecule has 0 heterocycles. The number of carbonyl (C=O) groups excluding carboxylic acids is 2. The molecule has 2 aromatic carbocycles. The molecule has 0 aliphatic heterocycles. The van der Waals surface area contributed by atoms with Crippen molar-refractivity contribution in [3.05, 3.63) is 72.8 Å². The summed E-state index contributed by atoms with van der Waals surface area (Å²) in [6, 6.07) is 20.5. The lowest BCUT2D eigenvalue weighted by atomic mass is 10.2. The second-order valence-corrected chi connectivity index (χ2v) is 11.0. The fraction of sp³-hybridized carbons (Fsp3) is 0.333. The van der Waals surface area contributed by atoms with E-state index >= 15 is 0 Å². The lowest BCUT2D eigenvalue weighted by Crippen LogP contribution is -2.53. The zero-order chi connectivity index (χ0) is 21.3. The molecule has 29 heavy (non-hydrogen) atoms. The van der Waals surface area contributed by atoms with Gasteiger partial charge in [0.25, 0.3) is 0 Å². The molecule has 0 fully saturated rings. The number of hydrogen-bond donors (Lipinski definition) is 0. The van der Waals surface area contributed by atoms with Gasteiger partial charge in [-0.15, -0.1) is 0 Å². The van der Waals surface area contributed by atoms with E-state index in [0.29, 0.717) is 0 Å². The molecule has 4 nitrogen and oxygen atoms in total. The van der Waals surface area contributed by atoms with Gasteiger partial charge in [-0.2, -0.15) is 0 Å². The maximum absolute atomic E-state index is 12.5. The Labute approximate surface area is 175 Å². The summed E-state index contributed by atoms with van der Waals surface area (Å²) in [5.74, 6) is -1.07. The molecule has 154 valence electrons. The van der Waals surface area contributed by atoms with Crippen LogP contribution in [-0.2, 0) is 19.1 Å². The molecule has 0 aliphatic carbocycles. The van der Waals surface area contributed by atoms with Gasteiger partial charge in [0.1, 0.15) is 14.4 Å². The van der Waals surface area contributed by atoms with Gasteiger partial charge in [-0.1, -0.05) is 84.4 Å². The first kappa shape index (κ1) is 22.6. The van der Waals surface area contributed by atoms with Gasteiger partial charge in [0.2, 0.25) is 0 Å². The number of hydrogen-bond acceptors (Lipinski definition) is 4. The number of benzene rings is 2. The largest absolute Gasteiger partial charge is 0.463 e. The molecule has 0 aliphatic rings. The van der Waals surface area contributed by atoms with Gasteiger partial charge in [0.15, 0.2) is 0 Å². The maximum atomic E-state index is 12.5. The van der Waals surface area contributed by atoms with E-state index in [4.69, 9.17) is 9.47 Å². The van der Waals surface area contributed by atoms with Crippen LogP contribution in [0, 0.1) is 0 Å². The topological polar surface area (TPSA) is 52.6 Å². The standard InChI is InChI=1S/C24H30O4Si/c1-5-12-23(27-21(25)17-18-22(26)28-24(2,3)4)29(19-13-8-6-9-14-19)20-15-10-7-11-16-20/h6-11,13-18,23,29H,5,12H2,1-4H3/b18-17+. The van der Waals surface area contributed by atoms with Gasteiger partial charge in [-0.25, -0.2) is 9.59 Å². The highest BCUT2D eigenvalue weighted by Gasteiger charge is 2.29. The van der Waals surface area contributed by atoms with E-state index in [1.807, 2.05) is 36.4 Å². The summed E-state index contributed by atoms with van der Waals surface area (Å²) < 4.78 is 11.1. The molecule has 0 bridgehead atoms. The smallest absolute Gasteiger partial charge is 0.331 e. The Bertz CT molecular complexity index is 770. The predicted molar refractivity (Wildman–Crippen MR) is 119 cm³/mol. The van der Waals surface area contributed by atoms with Gasteiger partial charge in [0.05, 0.1) is 5.73 Å². The van der Waals surface area contributed by atoms with Crippen molar-refractivity contribution in [1.82, 2.24) is 0 Å². The fourth-order valence-electron chi connectivity index (χ4n) is 3.18. The summed E-state index contributed by atoms with van der Waals surface area (Å²) >= 11 is 0. The SMILES string of the molecule is CCCC(OC(=O)/C=C/C(=O)OC(C)(C)C)[SiH](c1ccccc1)c1ccccc1. The third-order valence-electron chi connectivity index (χ3n) is 4.29. The number of carbonyl (C=O) groups is 2. The molecule has 2 rings (SSSR count). The van der Waals surface area contributed by atoms with Crippen LogP contribution in [-0.4, -0.2) is 32.1 Å². The summed E-state index contributed by atoms with van der Waals surface area (Å²) in [7, 11) is -1.82. The Hall–Kier alpha value is -2.66. The highest BCUT2D eigenvalue weighted by Crippen LogP contribution is 2.10. The van der Waals surface area contributed by atoms with Crippen LogP contribution in [0.2, 0.25) is 0 Å². The predicted octanol–water partition coefficient (Wildman–Crippen LogP) is 3.18. The van der Waals surface area contributed by atoms with Crippen LogP contribution in [0.5, 0.6) is 0 Å². The molecule has 5 heteroatoms. The molecule has 1 unspecified atom stereocenters. The summed E-state index contributed by atoms with van der Waals surface area (Å²) in [6.07, 6.45) is 3.97. The Kier molecular flexibility index (Phi) is 8.40. The lowest BCUT2D eigenvalue weighted by molar-refractivity contribution is -0.149. The van der Waals surface area contributed by atoms with Crippen molar-refractivity contribution in [2.24, 2.45) is 0 Å². The molecular weight excluding hydrogens is 380 g/mol. The molecule has 0 saturated heterocycles. The first-order valence-corrected chi connectivity index (χ1v) is 11.8. The van der Waals surface area contributed by atoms with Crippen molar-refractivity contribution in [3.63, 3.8) is 0 Å². The van der Waals surface area contributed by atoms with Crippen LogP contribution in [0.1, 0.15) is 40.5 Å². The maximum Gasteiger partial charge on any atom is 0.331 e. The Balaban J connectivity index is 2.22. The number of esters is 2. The second-order valence-electron chi connectivity index (χ2n) is 7.93. The van der Waals surface area contributed by atoms with Crippen molar-refractivity contribution in [1.29, 1.82) is 0 Å². The van der Waals surface area contributed by atoms with E-state index in [9.17, 15) is 9.59 Å². The summed E-state index contributed by atoms with van der Waals surface area (Å²) in [5, 5.41) is 2.45. The van der Waals surface area contributed by atoms with Crippen LogP contribution in [0.25, 0.3) is 0 Å². The zero-order valence-corrected chi connectivity index (χ0v) is 18.8. The van der Waals surface area contributed by atoms with E-state index in [-0.39, 0.29) is 5.73 Å². The average Bonchev–Trinajstić information content (AvgIpc) is 2.67. The quantitative estimate of drug-likeness (QED) is 0.381. The van der Waals surface area contributed by atoms with Gasteiger partial charge < -0.3 is 9.47 Å². The van der Waals surface area contributed by atoms with Crippen LogP contribution in [0.15, 0.2) is 72.8 Å². The summed E-state index contributed by atoms with van der Waals surface area (Å²) in [5.41, 5.74) is -0.810. The van der Waals surface area contributed by atoms with Gasteiger partial charge in [-0.3, -0.25) is 0 Å². The van der Waals surface area contributed by atoms with Crippen LogP contribution in [0.4, 0.5) is 0 Å². The molecule has 0 saturated carbocycles. The molecule has 0 N–H and O–H groups in total. The van der Waals surface area contributed by atoms with Crippen LogP contribution < -0.4 is 10.4 Å². The van der Waals surface area contributed by atoms with Gasteiger partial charge in [0, 0.05) is 12.2 Å². The Morgan fingerprint density at radius 3 is 1.83 bits per heavy atom. The first-order chi connectivity index (χ1) is 13.8. The average molecular weight is 411 g/mol. The molecule has 0 spiro atoms. The minimum absolute atomic E-state index is 0.208. The van der Waals surface area contributed by atoms with Crippen molar-refractivity contribution in [2.75, 3.05) is 0 Å². The zero-order valence-electron chi connectivity index (χ0n) is 17.6. The van der Waals surface area contributed by atoms with Gasteiger partial charge in [-0.05, 0) is 27.2 Å². The third-order valence-corrected chi connectivity index (χ3v) is 7.71. The molecule has 1 atom stereocenters. The molecule has 2 aromatic rings. The highest BCUT2D eigenvalue weighted by molar-refractivity contribution is 6.86. The minimum Gasteiger partial charge on any atom is -0.463 e. The van der Waals surface area contributed by atoms with E-state index in [2.05, 4.69) is 31.2 Å². The number of ether oxygens (including phenoxy) is 2. The van der Waals surface area contributed by atoms with E-state index in [1.54, 1.807) is 20.8 Å². The number of rotatable bonds is 8. The third kappa shape index (κ3) is 7.70. The Morgan fingerprint density at radius 1 is 0.897 bits per heavy atom. The lowest BCUT2D eigenvalue weighted by Gasteiger charge is -2.26. The minimum atomic E-state index is -1.82. The fourth-order valence-corrected chi connectivity index (χ4v) is 6.64. The highest BCUT2D eigenvalue weighted by atomic mass is 28.3. The van der Waals surface area contributed by atoms with E-state index < -0.39 is 26.3 Å². The second kappa shape index (κ2) is 10.8. The Morgan fingerprint density at radius 2 is 1.38 bits per heavy atom. The van der Waals surface area contributed by atoms with E-state index in [0.717, 1.165) is 25.0 Å². The molecule has 0 aromatic heterocycles. The van der Waals surface area contributed by atoms with Crippen molar-refractivity contribution < 1.29 is 19.1 Å². The van der Waals surface area contributed by atoms with E-state index in [1.165, 1.54) is 10.4 Å². The first-order valence-electron chi connectivity index (χ1n) is 10.0. The van der Waals surface area contributed by atoms with Crippen molar-refractivity contribution in [3.8, 4) is 0 Å². The monoisotopic (exact) mass is 410 g/mol. The molecular formula is C24H30O4Si. The van der Waals surface area contributed by atoms with Crippen molar-refractivity contribution >= 4 is 31.1 Å². The van der Waals surface area contributed by atoms with Crippen LogP contribution in [0.3, 0.4) is 0 Å². The normalized spacial score (nSPS) is 12.7. The molecule has 0 amide bonds. The summed E-state index contributed by atoms with van der Waals surface area (Å²) in [4.78, 5) is 24.3.